The maximum absolute atomic E-state index is 3.64. The zero-order valence-electron chi connectivity index (χ0n) is 19.3. The Hall–Kier alpha value is -3.84. The normalized spacial score (nSPS) is 18.0. The Kier molecular flexibility index (Phi) is 4.41. The zero-order valence-corrected chi connectivity index (χ0v) is 19.3. The minimum Gasteiger partial charge on any atom is -0.356 e. The summed E-state index contributed by atoms with van der Waals surface area (Å²) < 4.78 is 0. The molecule has 1 nitrogen and oxygen atoms in total. The largest absolute Gasteiger partial charge is 0.356 e. The van der Waals surface area contributed by atoms with E-state index in [9.17, 15) is 0 Å². The monoisotopic (exact) mass is 425 g/mol. The van der Waals surface area contributed by atoms with E-state index in [0.717, 1.165) is 11.4 Å². The van der Waals surface area contributed by atoms with Gasteiger partial charge in [-0.2, -0.15) is 0 Å². The molecule has 0 saturated heterocycles. The van der Waals surface area contributed by atoms with Crippen LogP contribution in [0.4, 0.5) is 11.4 Å². The SMILES string of the molecule is C/C=C\C1=C(C)c2ccccc2C12c1ccccc1-c1ccc(Nc3ccc(C)cc3)cc12. The van der Waals surface area contributed by atoms with Crippen molar-refractivity contribution in [3.05, 3.63) is 137 Å². The lowest BCUT2D eigenvalue weighted by atomic mass is 9.69. The number of allylic oxidation sites excluding steroid dienone is 4. The average molecular weight is 426 g/mol. The van der Waals surface area contributed by atoms with Crippen LogP contribution in [0.5, 0.6) is 0 Å². The van der Waals surface area contributed by atoms with Crippen molar-refractivity contribution in [1.29, 1.82) is 0 Å². The molecule has 6 rings (SSSR count). The van der Waals surface area contributed by atoms with Gasteiger partial charge in [-0.05, 0) is 89.6 Å². The number of fused-ring (bicyclic) bond motifs is 7. The Balaban J connectivity index is 1.63. The molecule has 1 heteroatoms. The molecule has 2 aliphatic carbocycles. The molecule has 0 aromatic heterocycles. The minimum atomic E-state index is -0.288. The zero-order chi connectivity index (χ0) is 22.6. The highest BCUT2D eigenvalue weighted by atomic mass is 14.9. The van der Waals surface area contributed by atoms with Gasteiger partial charge in [0.15, 0.2) is 0 Å². The third-order valence-electron chi connectivity index (χ3n) is 7.26. The number of nitrogens with one attached hydrogen (secondary N) is 1. The summed E-state index contributed by atoms with van der Waals surface area (Å²) in [5.41, 5.74) is 14.1. The Morgan fingerprint density at radius 2 is 1.24 bits per heavy atom. The molecule has 0 amide bonds. The quantitative estimate of drug-likeness (QED) is 0.347. The van der Waals surface area contributed by atoms with Gasteiger partial charge in [-0.1, -0.05) is 84.4 Å². The van der Waals surface area contributed by atoms with Crippen molar-refractivity contribution in [3.63, 3.8) is 0 Å². The summed E-state index contributed by atoms with van der Waals surface area (Å²) >= 11 is 0. The second kappa shape index (κ2) is 7.35. The maximum atomic E-state index is 3.64. The molecule has 0 bridgehead atoms. The first kappa shape index (κ1) is 19.8. The van der Waals surface area contributed by atoms with Gasteiger partial charge >= 0.3 is 0 Å². The number of anilines is 2. The number of rotatable bonds is 3. The Morgan fingerprint density at radius 3 is 1.97 bits per heavy atom. The van der Waals surface area contributed by atoms with E-state index in [1.165, 1.54) is 50.1 Å². The maximum Gasteiger partial charge on any atom is 0.0722 e. The number of hydrogen-bond donors (Lipinski definition) is 1. The van der Waals surface area contributed by atoms with Crippen LogP contribution in [0.25, 0.3) is 16.7 Å². The van der Waals surface area contributed by atoms with E-state index in [2.05, 4.69) is 129 Å². The van der Waals surface area contributed by atoms with Crippen LogP contribution in [0.2, 0.25) is 0 Å². The number of benzene rings is 4. The van der Waals surface area contributed by atoms with Crippen LogP contribution in [0.3, 0.4) is 0 Å². The lowest BCUT2D eigenvalue weighted by molar-refractivity contribution is 0.786. The van der Waals surface area contributed by atoms with Crippen LogP contribution in [-0.2, 0) is 5.41 Å². The molecule has 0 saturated carbocycles. The Morgan fingerprint density at radius 1 is 0.636 bits per heavy atom. The van der Waals surface area contributed by atoms with Gasteiger partial charge in [0.25, 0.3) is 0 Å². The standard InChI is InChI=1S/C32H27N/c1-4-9-28-22(3)25-10-5-7-12-29(25)32(28)30-13-8-6-11-26(30)27-19-18-24(20-31(27)32)33-23-16-14-21(2)15-17-23/h4-20,33H,1-3H3/b9-4-. The highest BCUT2D eigenvalue weighted by Crippen LogP contribution is 2.62. The molecular weight excluding hydrogens is 398 g/mol. The number of hydrogen-bond acceptors (Lipinski definition) is 1. The van der Waals surface area contributed by atoms with E-state index in [0.29, 0.717) is 0 Å². The van der Waals surface area contributed by atoms with E-state index in [1.807, 2.05) is 0 Å². The topological polar surface area (TPSA) is 12.0 Å². The molecular formula is C32H27N. The summed E-state index contributed by atoms with van der Waals surface area (Å²) in [5.74, 6) is 0. The summed E-state index contributed by atoms with van der Waals surface area (Å²) in [6, 6.07) is 33.3. The lowest BCUT2D eigenvalue weighted by Crippen LogP contribution is -2.26. The molecule has 1 N–H and O–H groups in total. The fraction of sp³-hybridized carbons (Fsp3) is 0.125. The second-order valence-corrected chi connectivity index (χ2v) is 9.13. The van der Waals surface area contributed by atoms with Crippen LogP contribution >= 0.6 is 0 Å². The van der Waals surface area contributed by atoms with Gasteiger partial charge < -0.3 is 5.32 Å². The third kappa shape index (κ3) is 2.72. The average Bonchev–Trinajstić information content (AvgIpc) is 3.27. The van der Waals surface area contributed by atoms with Crippen LogP contribution in [0, 0.1) is 6.92 Å². The van der Waals surface area contributed by atoms with Gasteiger partial charge in [0, 0.05) is 11.4 Å². The van der Waals surface area contributed by atoms with Crippen LogP contribution in [-0.4, -0.2) is 0 Å². The first-order valence-electron chi connectivity index (χ1n) is 11.7. The van der Waals surface area contributed by atoms with Crippen LogP contribution < -0.4 is 5.32 Å². The van der Waals surface area contributed by atoms with Crippen molar-refractivity contribution in [1.82, 2.24) is 0 Å². The van der Waals surface area contributed by atoms with Crippen molar-refractivity contribution in [2.45, 2.75) is 26.2 Å². The van der Waals surface area contributed by atoms with Gasteiger partial charge in [0.1, 0.15) is 0 Å². The van der Waals surface area contributed by atoms with Crippen LogP contribution in [0.1, 0.15) is 41.7 Å². The van der Waals surface area contributed by atoms with Gasteiger partial charge in [-0.15, -0.1) is 0 Å². The van der Waals surface area contributed by atoms with Crippen molar-refractivity contribution < 1.29 is 0 Å². The molecule has 4 aromatic rings. The summed E-state index contributed by atoms with van der Waals surface area (Å²) in [7, 11) is 0. The first-order valence-corrected chi connectivity index (χ1v) is 11.7. The summed E-state index contributed by atoms with van der Waals surface area (Å²) in [4.78, 5) is 0. The predicted octanol–water partition coefficient (Wildman–Crippen LogP) is 8.42. The molecule has 0 radical (unpaired) electrons. The molecule has 0 aliphatic heterocycles. The van der Waals surface area contributed by atoms with E-state index in [1.54, 1.807) is 0 Å². The Labute approximate surface area is 196 Å². The molecule has 0 heterocycles. The lowest BCUT2D eigenvalue weighted by Gasteiger charge is -2.32. The predicted molar refractivity (Wildman–Crippen MR) is 140 cm³/mol. The molecule has 160 valence electrons. The third-order valence-corrected chi connectivity index (χ3v) is 7.26. The Bertz CT molecular complexity index is 1450. The summed E-state index contributed by atoms with van der Waals surface area (Å²) in [5, 5.41) is 3.64. The van der Waals surface area contributed by atoms with Crippen LogP contribution in [0.15, 0.2) is 109 Å². The molecule has 1 atom stereocenters. The summed E-state index contributed by atoms with van der Waals surface area (Å²) in [6.45, 7) is 6.52. The van der Waals surface area contributed by atoms with E-state index >= 15 is 0 Å². The van der Waals surface area contributed by atoms with Crippen molar-refractivity contribution >= 4 is 16.9 Å². The number of aryl methyl sites for hydroxylation is 1. The molecule has 1 spiro atoms. The molecule has 0 fully saturated rings. The fourth-order valence-electron chi connectivity index (χ4n) is 5.87. The second-order valence-electron chi connectivity index (χ2n) is 9.13. The van der Waals surface area contributed by atoms with Crippen molar-refractivity contribution in [2.75, 3.05) is 5.32 Å². The van der Waals surface area contributed by atoms with Gasteiger partial charge in [0.05, 0.1) is 5.41 Å². The first-order chi connectivity index (χ1) is 16.1. The van der Waals surface area contributed by atoms with E-state index in [-0.39, 0.29) is 5.41 Å². The van der Waals surface area contributed by atoms with Gasteiger partial charge in [-0.25, -0.2) is 0 Å². The molecule has 2 aliphatic rings. The van der Waals surface area contributed by atoms with Crippen molar-refractivity contribution in [3.8, 4) is 11.1 Å². The fourth-order valence-corrected chi connectivity index (χ4v) is 5.87. The smallest absolute Gasteiger partial charge is 0.0722 e. The minimum absolute atomic E-state index is 0.288. The highest BCUT2D eigenvalue weighted by molar-refractivity contribution is 5.95. The van der Waals surface area contributed by atoms with E-state index in [4.69, 9.17) is 0 Å². The van der Waals surface area contributed by atoms with Crippen molar-refractivity contribution in [2.24, 2.45) is 0 Å². The highest BCUT2D eigenvalue weighted by Gasteiger charge is 2.51. The van der Waals surface area contributed by atoms with E-state index < -0.39 is 0 Å². The molecule has 1 unspecified atom stereocenters. The van der Waals surface area contributed by atoms with Gasteiger partial charge in [-0.3, -0.25) is 0 Å². The molecule has 4 aromatic carbocycles. The summed E-state index contributed by atoms with van der Waals surface area (Å²) in [6.07, 6.45) is 4.50. The van der Waals surface area contributed by atoms with Gasteiger partial charge in [0.2, 0.25) is 0 Å². The molecule has 33 heavy (non-hydrogen) atoms.